The third kappa shape index (κ3) is 4.35. The molecule has 3 unspecified atom stereocenters. The van der Waals surface area contributed by atoms with Gasteiger partial charge in [0.1, 0.15) is 0 Å². The second-order valence-electron chi connectivity index (χ2n) is 7.60. The fourth-order valence-electron chi connectivity index (χ4n) is 4.62. The Kier molecular flexibility index (Phi) is 6.55. The van der Waals surface area contributed by atoms with Gasteiger partial charge < -0.3 is 24.4 Å². The van der Waals surface area contributed by atoms with Gasteiger partial charge in [-0.25, -0.2) is 9.78 Å². The highest BCUT2D eigenvalue weighted by atomic mass is 16.5. The summed E-state index contributed by atoms with van der Waals surface area (Å²) in [4.78, 5) is 20.9. The molecule has 2 fully saturated rings. The molecule has 0 aliphatic carbocycles. The van der Waals surface area contributed by atoms with Crippen LogP contribution in [0.2, 0.25) is 0 Å². The molecule has 0 bridgehead atoms. The Morgan fingerprint density at radius 3 is 2.63 bits per heavy atom. The summed E-state index contributed by atoms with van der Waals surface area (Å²) in [5.74, 6) is 1.13. The van der Waals surface area contributed by atoms with Crippen molar-refractivity contribution in [1.82, 2.24) is 14.8 Å². The van der Waals surface area contributed by atoms with Crippen LogP contribution in [0.1, 0.15) is 44.2 Å². The summed E-state index contributed by atoms with van der Waals surface area (Å²) in [6.07, 6.45) is 3.49. The van der Waals surface area contributed by atoms with Crippen molar-refractivity contribution < 1.29 is 19.4 Å². The largest absolute Gasteiger partial charge is 0.481 e. The molecule has 0 spiro atoms. The molecular weight excluding hydrogens is 346 g/mol. The molecule has 3 rings (SSSR count). The summed E-state index contributed by atoms with van der Waals surface area (Å²) < 4.78 is 10.1. The summed E-state index contributed by atoms with van der Waals surface area (Å²) in [5, 5.41) is 9.79. The normalized spacial score (nSPS) is 27.4. The number of methoxy groups -OCH3 is 2. The van der Waals surface area contributed by atoms with E-state index >= 15 is 0 Å². The second-order valence-corrected chi connectivity index (χ2v) is 7.60. The molecule has 1 aromatic heterocycles. The van der Waals surface area contributed by atoms with Gasteiger partial charge in [0.2, 0.25) is 5.88 Å². The standard InChI is InChI=1S/C20H31N3O4/c1-14-11-16(12-17(13-24)23(14)20(25)27-3)22-9-7-15(8-10-22)18-5-4-6-19(21-18)26-2/h4-6,14-17,24H,7-13H2,1-3H3. The summed E-state index contributed by atoms with van der Waals surface area (Å²) in [7, 11) is 3.04. The van der Waals surface area contributed by atoms with Gasteiger partial charge in [0.05, 0.1) is 26.9 Å². The lowest BCUT2D eigenvalue weighted by Crippen LogP contribution is -2.58. The quantitative estimate of drug-likeness (QED) is 0.867. The second kappa shape index (κ2) is 8.89. The number of amides is 1. The van der Waals surface area contributed by atoms with Crippen LogP contribution in [-0.4, -0.2) is 78.0 Å². The smallest absolute Gasteiger partial charge is 0.410 e. The maximum Gasteiger partial charge on any atom is 0.410 e. The van der Waals surface area contributed by atoms with Crippen molar-refractivity contribution in [3.8, 4) is 5.88 Å². The monoisotopic (exact) mass is 377 g/mol. The Morgan fingerprint density at radius 2 is 2.00 bits per heavy atom. The Balaban J connectivity index is 1.60. The van der Waals surface area contributed by atoms with Crippen LogP contribution < -0.4 is 4.74 Å². The number of ether oxygens (including phenoxy) is 2. The molecule has 2 saturated heterocycles. The van der Waals surface area contributed by atoms with Crippen LogP contribution in [0.3, 0.4) is 0 Å². The van der Waals surface area contributed by atoms with Gasteiger partial charge in [-0.15, -0.1) is 0 Å². The third-order valence-electron chi connectivity index (χ3n) is 6.04. The molecule has 0 aromatic carbocycles. The van der Waals surface area contributed by atoms with E-state index in [1.54, 1.807) is 12.0 Å². The number of carbonyl (C=O) groups is 1. The molecule has 7 nitrogen and oxygen atoms in total. The first-order valence-electron chi connectivity index (χ1n) is 9.79. The van der Waals surface area contributed by atoms with Gasteiger partial charge in [0.25, 0.3) is 0 Å². The van der Waals surface area contributed by atoms with Crippen molar-refractivity contribution >= 4 is 6.09 Å². The number of aliphatic hydroxyl groups is 1. The Labute approximate surface area is 161 Å². The van der Waals surface area contributed by atoms with Crippen LogP contribution in [0.4, 0.5) is 4.79 Å². The van der Waals surface area contributed by atoms with Gasteiger partial charge >= 0.3 is 6.09 Å². The van der Waals surface area contributed by atoms with Gasteiger partial charge in [-0.2, -0.15) is 0 Å². The van der Waals surface area contributed by atoms with Crippen molar-refractivity contribution in [2.45, 2.75) is 56.7 Å². The first-order valence-corrected chi connectivity index (χ1v) is 9.79. The molecular formula is C20H31N3O4. The molecule has 2 aliphatic heterocycles. The fourth-order valence-corrected chi connectivity index (χ4v) is 4.62. The zero-order valence-corrected chi connectivity index (χ0v) is 16.5. The van der Waals surface area contributed by atoms with Gasteiger partial charge in [0, 0.05) is 29.8 Å². The zero-order valence-electron chi connectivity index (χ0n) is 16.5. The molecule has 1 amide bonds. The van der Waals surface area contributed by atoms with E-state index in [0.29, 0.717) is 17.8 Å². The van der Waals surface area contributed by atoms with Crippen LogP contribution in [-0.2, 0) is 4.74 Å². The Hall–Kier alpha value is -1.86. The van der Waals surface area contributed by atoms with Crippen molar-refractivity contribution in [2.24, 2.45) is 0 Å². The number of nitrogens with zero attached hydrogens (tertiary/aromatic N) is 3. The number of hydrogen-bond acceptors (Lipinski definition) is 6. The average Bonchev–Trinajstić information content (AvgIpc) is 2.72. The lowest BCUT2D eigenvalue weighted by atomic mass is 9.87. The molecule has 150 valence electrons. The zero-order chi connectivity index (χ0) is 19.4. The minimum atomic E-state index is -0.345. The molecule has 0 saturated carbocycles. The van der Waals surface area contributed by atoms with Crippen molar-refractivity contribution in [3.05, 3.63) is 23.9 Å². The maximum atomic E-state index is 12.0. The lowest BCUT2D eigenvalue weighted by Gasteiger charge is -2.47. The highest BCUT2D eigenvalue weighted by Crippen LogP contribution is 2.33. The van der Waals surface area contributed by atoms with Gasteiger partial charge in [-0.1, -0.05) is 6.07 Å². The van der Waals surface area contributed by atoms with E-state index in [2.05, 4.69) is 16.0 Å². The number of carbonyl (C=O) groups excluding carboxylic acids is 1. The van der Waals surface area contributed by atoms with Crippen LogP contribution in [0.15, 0.2) is 18.2 Å². The van der Waals surface area contributed by atoms with E-state index < -0.39 is 0 Å². The van der Waals surface area contributed by atoms with Crippen molar-refractivity contribution in [1.29, 1.82) is 0 Å². The van der Waals surface area contributed by atoms with E-state index in [1.807, 2.05) is 19.1 Å². The maximum absolute atomic E-state index is 12.0. The number of aliphatic hydroxyl groups excluding tert-OH is 1. The Morgan fingerprint density at radius 1 is 1.26 bits per heavy atom. The SMILES string of the molecule is COC(=O)N1C(C)CC(N2CCC(c3cccc(OC)n3)CC2)CC1CO. The number of pyridine rings is 1. The van der Waals surface area contributed by atoms with Crippen LogP contribution in [0.5, 0.6) is 5.88 Å². The van der Waals surface area contributed by atoms with Crippen LogP contribution >= 0.6 is 0 Å². The fraction of sp³-hybridized carbons (Fsp3) is 0.700. The first-order chi connectivity index (χ1) is 13.1. The van der Waals surface area contributed by atoms with Gasteiger partial charge in [-0.3, -0.25) is 0 Å². The summed E-state index contributed by atoms with van der Waals surface area (Å²) in [6, 6.07) is 6.24. The number of piperidine rings is 2. The minimum absolute atomic E-state index is 0.0276. The topological polar surface area (TPSA) is 75.1 Å². The predicted octanol–water partition coefficient (Wildman–Crippen LogP) is 2.25. The molecule has 27 heavy (non-hydrogen) atoms. The molecule has 3 atom stereocenters. The molecule has 3 heterocycles. The molecule has 0 radical (unpaired) electrons. The van der Waals surface area contributed by atoms with E-state index in [4.69, 9.17) is 9.47 Å². The molecule has 1 N–H and O–H groups in total. The number of hydrogen-bond donors (Lipinski definition) is 1. The van der Waals surface area contributed by atoms with Crippen molar-refractivity contribution in [3.63, 3.8) is 0 Å². The van der Waals surface area contributed by atoms with Gasteiger partial charge in [-0.05, 0) is 51.8 Å². The summed E-state index contributed by atoms with van der Waals surface area (Å²) in [6.45, 7) is 4.04. The first kappa shape index (κ1) is 19.9. The Bertz CT molecular complexity index is 633. The molecule has 7 heteroatoms. The lowest BCUT2D eigenvalue weighted by molar-refractivity contribution is 0.0000842. The van der Waals surface area contributed by atoms with Crippen LogP contribution in [0.25, 0.3) is 0 Å². The third-order valence-corrected chi connectivity index (χ3v) is 6.04. The average molecular weight is 377 g/mol. The summed E-state index contributed by atoms with van der Waals surface area (Å²) in [5.41, 5.74) is 1.11. The number of rotatable bonds is 4. The highest BCUT2D eigenvalue weighted by molar-refractivity contribution is 5.68. The van der Waals surface area contributed by atoms with Crippen LogP contribution in [0, 0.1) is 0 Å². The molecule has 2 aliphatic rings. The van der Waals surface area contributed by atoms with E-state index in [0.717, 1.165) is 44.5 Å². The van der Waals surface area contributed by atoms with E-state index in [1.165, 1.54) is 7.11 Å². The number of likely N-dealkylation sites (tertiary alicyclic amines) is 2. The number of aromatic nitrogens is 1. The van der Waals surface area contributed by atoms with E-state index in [9.17, 15) is 9.90 Å². The highest BCUT2D eigenvalue weighted by Gasteiger charge is 2.39. The summed E-state index contributed by atoms with van der Waals surface area (Å²) >= 11 is 0. The van der Waals surface area contributed by atoms with Crippen molar-refractivity contribution in [2.75, 3.05) is 33.9 Å². The minimum Gasteiger partial charge on any atom is -0.481 e. The molecule has 1 aromatic rings. The predicted molar refractivity (Wildman–Crippen MR) is 102 cm³/mol. The van der Waals surface area contributed by atoms with E-state index in [-0.39, 0.29) is 24.8 Å². The van der Waals surface area contributed by atoms with Gasteiger partial charge in [0.15, 0.2) is 0 Å².